The lowest BCUT2D eigenvalue weighted by Gasteiger charge is -2.29. The number of nitrogens with one attached hydrogen (secondary N) is 1. The van der Waals surface area contributed by atoms with Crippen molar-refractivity contribution >= 4 is 55.9 Å². The van der Waals surface area contributed by atoms with Crippen LogP contribution in [0.15, 0.2) is 17.5 Å². The fraction of sp³-hybridized carbons (Fsp3) is 0.400. The van der Waals surface area contributed by atoms with Gasteiger partial charge in [-0.15, -0.1) is 22.7 Å². The number of sulfone groups is 1. The number of carbonyl (C=O) groups is 2. The molecule has 2 aromatic rings. The average molecular weight is 434 g/mol. The first-order chi connectivity index (χ1) is 12.2. The SMILES string of the molecule is CC(NC(=O)c1csc(-c2ccc(Cl)s2)n1)C(=O)N1CCS(=O)(=O)CC1. The topological polar surface area (TPSA) is 96.4 Å². The predicted octanol–water partition coefficient (Wildman–Crippen LogP) is 1.90. The van der Waals surface area contributed by atoms with E-state index in [-0.39, 0.29) is 36.2 Å². The molecule has 2 aromatic heterocycles. The molecule has 26 heavy (non-hydrogen) atoms. The molecular formula is C15H16ClN3O4S3. The van der Waals surface area contributed by atoms with E-state index in [9.17, 15) is 18.0 Å². The van der Waals surface area contributed by atoms with Crippen molar-refractivity contribution in [2.24, 2.45) is 0 Å². The van der Waals surface area contributed by atoms with Gasteiger partial charge in [-0.2, -0.15) is 0 Å². The fourth-order valence-corrected chi connectivity index (χ4v) is 5.58. The highest BCUT2D eigenvalue weighted by Crippen LogP contribution is 2.32. The summed E-state index contributed by atoms with van der Waals surface area (Å²) in [4.78, 5) is 31.4. The monoisotopic (exact) mass is 433 g/mol. The minimum Gasteiger partial charge on any atom is -0.339 e. The van der Waals surface area contributed by atoms with E-state index in [1.165, 1.54) is 27.6 Å². The molecular weight excluding hydrogens is 418 g/mol. The van der Waals surface area contributed by atoms with E-state index in [0.717, 1.165) is 4.88 Å². The lowest BCUT2D eigenvalue weighted by atomic mass is 10.2. The smallest absolute Gasteiger partial charge is 0.271 e. The molecule has 1 saturated heterocycles. The summed E-state index contributed by atoms with van der Waals surface area (Å²) >= 11 is 8.61. The van der Waals surface area contributed by atoms with Crippen LogP contribution in [0.3, 0.4) is 0 Å². The van der Waals surface area contributed by atoms with Crippen molar-refractivity contribution in [3.8, 4) is 9.88 Å². The second-order valence-corrected chi connectivity index (χ2v) is 10.7. The Kier molecular flexibility index (Phi) is 5.66. The van der Waals surface area contributed by atoms with Crippen molar-refractivity contribution in [2.45, 2.75) is 13.0 Å². The number of hydrogen-bond donors (Lipinski definition) is 1. The first-order valence-corrected chi connectivity index (χ1v) is 11.7. The van der Waals surface area contributed by atoms with Crippen LogP contribution in [-0.2, 0) is 14.6 Å². The molecule has 1 fully saturated rings. The molecule has 0 radical (unpaired) electrons. The second kappa shape index (κ2) is 7.63. The quantitative estimate of drug-likeness (QED) is 0.794. The van der Waals surface area contributed by atoms with Gasteiger partial charge in [0, 0.05) is 18.5 Å². The Morgan fingerprint density at radius 2 is 2.00 bits per heavy atom. The number of carbonyl (C=O) groups excluding carboxylic acids is 2. The minimum absolute atomic E-state index is 0.0434. The van der Waals surface area contributed by atoms with Crippen LogP contribution in [0.5, 0.6) is 0 Å². The van der Waals surface area contributed by atoms with Crippen LogP contribution in [0, 0.1) is 0 Å². The molecule has 3 heterocycles. The largest absolute Gasteiger partial charge is 0.339 e. The highest BCUT2D eigenvalue weighted by atomic mass is 35.5. The summed E-state index contributed by atoms with van der Waals surface area (Å²) in [5, 5.41) is 4.94. The van der Waals surface area contributed by atoms with Crippen LogP contribution in [0.1, 0.15) is 17.4 Å². The Morgan fingerprint density at radius 1 is 1.31 bits per heavy atom. The molecule has 1 aliphatic rings. The summed E-state index contributed by atoms with van der Waals surface area (Å²) in [7, 11) is -3.06. The Hall–Kier alpha value is -1.49. The molecule has 0 aliphatic carbocycles. The maximum absolute atomic E-state index is 12.4. The summed E-state index contributed by atoms with van der Waals surface area (Å²) in [5.41, 5.74) is 0.232. The molecule has 3 rings (SSSR count). The van der Waals surface area contributed by atoms with E-state index in [1.807, 2.05) is 6.07 Å². The Labute approximate surface area is 163 Å². The molecule has 1 atom stereocenters. The van der Waals surface area contributed by atoms with Gasteiger partial charge in [0.1, 0.15) is 16.7 Å². The van der Waals surface area contributed by atoms with Crippen molar-refractivity contribution in [1.29, 1.82) is 0 Å². The van der Waals surface area contributed by atoms with Crippen molar-refractivity contribution in [3.05, 3.63) is 27.5 Å². The van der Waals surface area contributed by atoms with E-state index < -0.39 is 21.8 Å². The van der Waals surface area contributed by atoms with Crippen molar-refractivity contribution in [3.63, 3.8) is 0 Å². The number of hydrogen-bond acceptors (Lipinski definition) is 7. The maximum Gasteiger partial charge on any atom is 0.271 e. The van der Waals surface area contributed by atoms with Gasteiger partial charge in [0.25, 0.3) is 5.91 Å². The van der Waals surface area contributed by atoms with Crippen molar-refractivity contribution in [2.75, 3.05) is 24.6 Å². The van der Waals surface area contributed by atoms with Gasteiger partial charge in [0.05, 0.1) is 20.7 Å². The molecule has 2 amide bonds. The van der Waals surface area contributed by atoms with Gasteiger partial charge in [-0.25, -0.2) is 13.4 Å². The van der Waals surface area contributed by atoms with E-state index >= 15 is 0 Å². The lowest BCUT2D eigenvalue weighted by molar-refractivity contribution is -0.132. The third-order valence-corrected chi connectivity index (χ3v) is 7.75. The first-order valence-electron chi connectivity index (χ1n) is 7.76. The highest BCUT2D eigenvalue weighted by Gasteiger charge is 2.29. The zero-order valence-electron chi connectivity index (χ0n) is 13.8. The third kappa shape index (κ3) is 4.43. The molecule has 11 heteroatoms. The van der Waals surface area contributed by atoms with Crippen molar-refractivity contribution in [1.82, 2.24) is 15.2 Å². The summed E-state index contributed by atoms with van der Waals surface area (Å²) in [6.45, 7) is 1.89. The molecule has 0 saturated carbocycles. The number of thiazole rings is 1. The molecule has 0 bridgehead atoms. The molecule has 1 aliphatic heterocycles. The predicted molar refractivity (Wildman–Crippen MR) is 103 cm³/mol. The van der Waals surface area contributed by atoms with E-state index in [1.54, 1.807) is 18.4 Å². The van der Waals surface area contributed by atoms with Gasteiger partial charge >= 0.3 is 0 Å². The van der Waals surface area contributed by atoms with Crippen LogP contribution >= 0.6 is 34.3 Å². The zero-order chi connectivity index (χ0) is 18.9. The minimum atomic E-state index is -3.06. The van der Waals surface area contributed by atoms with Gasteiger partial charge in [-0.05, 0) is 19.1 Å². The maximum atomic E-state index is 12.4. The number of nitrogens with zero attached hydrogens (tertiary/aromatic N) is 2. The number of thiophene rings is 1. The van der Waals surface area contributed by atoms with Crippen LogP contribution in [-0.4, -0.2) is 60.8 Å². The summed E-state index contributed by atoms with van der Waals surface area (Å²) in [6.07, 6.45) is 0. The number of aromatic nitrogens is 1. The zero-order valence-corrected chi connectivity index (χ0v) is 17.0. The summed E-state index contributed by atoms with van der Waals surface area (Å²) < 4.78 is 23.5. The standard InChI is InChI=1S/C15H16ClN3O4S3/c1-9(15(21)19-4-6-26(22,23)7-5-19)17-13(20)10-8-24-14(18-10)11-2-3-12(16)25-11/h2-3,8-9H,4-7H2,1H3,(H,17,20). The second-order valence-electron chi connectivity index (χ2n) is 5.81. The van der Waals surface area contributed by atoms with Crippen molar-refractivity contribution < 1.29 is 18.0 Å². The van der Waals surface area contributed by atoms with Crippen LogP contribution < -0.4 is 5.32 Å². The van der Waals surface area contributed by atoms with Gasteiger partial charge in [-0.1, -0.05) is 11.6 Å². The van der Waals surface area contributed by atoms with E-state index in [0.29, 0.717) is 9.34 Å². The van der Waals surface area contributed by atoms with Crippen LogP contribution in [0.4, 0.5) is 0 Å². The van der Waals surface area contributed by atoms with Gasteiger partial charge in [0.15, 0.2) is 9.84 Å². The summed E-state index contributed by atoms with van der Waals surface area (Å²) in [6, 6.07) is 2.84. The summed E-state index contributed by atoms with van der Waals surface area (Å²) in [5.74, 6) is -0.828. The van der Waals surface area contributed by atoms with Gasteiger partial charge < -0.3 is 10.2 Å². The first kappa shape index (κ1) is 19.3. The van der Waals surface area contributed by atoms with Crippen LogP contribution in [0.25, 0.3) is 9.88 Å². The molecule has 140 valence electrons. The Morgan fingerprint density at radius 3 is 2.62 bits per heavy atom. The number of rotatable bonds is 4. The number of amides is 2. The lowest BCUT2D eigenvalue weighted by Crippen LogP contribution is -2.51. The Balaban J connectivity index is 1.61. The molecule has 0 spiro atoms. The van der Waals surface area contributed by atoms with Gasteiger partial charge in [0.2, 0.25) is 5.91 Å². The van der Waals surface area contributed by atoms with E-state index in [4.69, 9.17) is 11.6 Å². The molecule has 1 unspecified atom stereocenters. The van der Waals surface area contributed by atoms with Crippen LogP contribution in [0.2, 0.25) is 4.34 Å². The fourth-order valence-electron chi connectivity index (χ4n) is 2.46. The third-order valence-electron chi connectivity index (χ3n) is 3.89. The highest BCUT2D eigenvalue weighted by molar-refractivity contribution is 7.91. The average Bonchev–Trinajstić information content (AvgIpc) is 3.23. The molecule has 7 nitrogen and oxygen atoms in total. The number of halogens is 1. The normalized spacial score (nSPS) is 17.7. The van der Waals surface area contributed by atoms with Gasteiger partial charge in [-0.3, -0.25) is 9.59 Å². The molecule has 1 N–H and O–H groups in total. The molecule has 0 aromatic carbocycles. The van der Waals surface area contributed by atoms with E-state index in [2.05, 4.69) is 10.3 Å². The Bertz CT molecular complexity index is 924.